The van der Waals surface area contributed by atoms with E-state index in [1.165, 1.54) is 5.56 Å². The van der Waals surface area contributed by atoms with E-state index < -0.39 is 0 Å². The normalized spacial score (nSPS) is 10.2. The average molecular weight is 236 g/mol. The third-order valence-electron chi connectivity index (χ3n) is 2.21. The lowest BCUT2D eigenvalue weighted by Gasteiger charge is -2.01. The molecule has 1 nitrogen and oxygen atoms in total. The molecule has 3 heteroatoms. The molecular formula is C12H10ClNS. The van der Waals surface area contributed by atoms with E-state index in [9.17, 15) is 0 Å². The third kappa shape index (κ3) is 2.67. The van der Waals surface area contributed by atoms with Gasteiger partial charge in [-0.3, -0.25) is 0 Å². The van der Waals surface area contributed by atoms with Crippen LogP contribution in [0.15, 0.2) is 42.6 Å². The quantitative estimate of drug-likeness (QED) is 0.779. The lowest BCUT2D eigenvalue weighted by Crippen LogP contribution is -1.90. The summed E-state index contributed by atoms with van der Waals surface area (Å²) in [5.74, 6) is 0. The fraction of sp³-hybridized carbons (Fsp3) is 0.0833. The summed E-state index contributed by atoms with van der Waals surface area (Å²) in [7, 11) is 0. The predicted octanol–water partition coefficient (Wildman–Crippen LogP) is 3.99. The van der Waals surface area contributed by atoms with Crippen LogP contribution in [0.1, 0.15) is 11.1 Å². The van der Waals surface area contributed by atoms with E-state index in [4.69, 9.17) is 23.8 Å². The molecule has 0 saturated carbocycles. The van der Waals surface area contributed by atoms with E-state index in [0.29, 0.717) is 0 Å². The number of benzene rings is 1. The highest BCUT2D eigenvalue weighted by molar-refractivity contribution is 7.71. The van der Waals surface area contributed by atoms with Crippen LogP contribution in [-0.4, -0.2) is 4.98 Å². The molecule has 1 heterocycles. The largest absolute Gasteiger partial charge is 0.353 e. The van der Waals surface area contributed by atoms with Crippen molar-refractivity contribution in [3.05, 3.63) is 63.4 Å². The second kappa shape index (κ2) is 4.60. The van der Waals surface area contributed by atoms with E-state index >= 15 is 0 Å². The van der Waals surface area contributed by atoms with E-state index in [1.54, 1.807) is 0 Å². The molecule has 2 aromatic rings. The van der Waals surface area contributed by atoms with Gasteiger partial charge in [-0.1, -0.05) is 42.0 Å². The maximum atomic E-state index is 5.82. The average Bonchev–Trinajstić information content (AvgIpc) is 2.25. The van der Waals surface area contributed by atoms with Gasteiger partial charge in [0.05, 0.1) is 0 Å². The van der Waals surface area contributed by atoms with Gasteiger partial charge < -0.3 is 4.98 Å². The van der Waals surface area contributed by atoms with Crippen LogP contribution in [0.2, 0.25) is 5.02 Å². The third-order valence-corrected chi connectivity index (χ3v) is 2.84. The van der Waals surface area contributed by atoms with Crippen molar-refractivity contribution >= 4 is 23.8 Å². The summed E-state index contributed by atoms with van der Waals surface area (Å²) in [6.07, 6.45) is 2.68. The Morgan fingerprint density at radius 1 is 1.13 bits per heavy atom. The molecule has 0 aliphatic carbocycles. The number of H-pyrrole nitrogens is 1. The number of nitrogens with one attached hydrogen (secondary N) is 1. The first-order valence-electron chi connectivity index (χ1n) is 4.67. The lowest BCUT2D eigenvalue weighted by molar-refractivity contribution is 1.13. The van der Waals surface area contributed by atoms with Gasteiger partial charge in [-0.05, 0) is 29.3 Å². The standard InChI is InChI=1S/C12H10ClNS/c13-11-5-3-9(4-6-11)8-10-2-1-7-14-12(10)15/h1-7H,8H2,(H,14,15). The minimum absolute atomic E-state index is 0.761. The van der Waals surface area contributed by atoms with Gasteiger partial charge in [0.15, 0.2) is 0 Å². The summed E-state index contributed by atoms with van der Waals surface area (Å²) < 4.78 is 0.799. The highest BCUT2D eigenvalue weighted by Gasteiger charge is 1.97. The Bertz CT molecular complexity index is 502. The van der Waals surface area contributed by atoms with Crippen LogP contribution in [0.5, 0.6) is 0 Å². The van der Waals surface area contributed by atoms with Crippen LogP contribution < -0.4 is 0 Å². The van der Waals surface area contributed by atoms with Gasteiger partial charge in [-0.25, -0.2) is 0 Å². The van der Waals surface area contributed by atoms with Crippen LogP contribution in [0.3, 0.4) is 0 Å². The number of aromatic amines is 1. The molecule has 0 atom stereocenters. The zero-order chi connectivity index (χ0) is 10.7. The van der Waals surface area contributed by atoms with Gasteiger partial charge in [-0.15, -0.1) is 0 Å². The number of pyridine rings is 1. The fourth-order valence-electron chi connectivity index (χ4n) is 1.42. The van der Waals surface area contributed by atoms with E-state index in [0.717, 1.165) is 21.6 Å². The topological polar surface area (TPSA) is 15.8 Å². The molecule has 1 N–H and O–H groups in total. The van der Waals surface area contributed by atoms with Crippen molar-refractivity contribution in [3.8, 4) is 0 Å². The smallest absolute Gasteiger partial charge is 0.106 e. The van der Waals surface area contributed by atoms with Crippen LogP contribution in [0.4, 0.5) is 0 Å². The Labute approximate surface area is 98.7 Å². The number of halogens is 1. The number of hydrogen-bond donors (Lipinski definition) is 1. The summed E-state index contributed by atoms with van der Waals surface area (Å²) in [5, 5.41) is 0.761. The lowest BCUT2D eigenvalue weighted by atomic mass is 10.1. The second-order valence-electron chi connectivity index (χ2n) is 3.33. The fourth-order valence-corrected chi connectivity index (χ4v) is 1.75. The molecular weight excluding hydrogens is 226 g/mol. The van der Waals surface area contributed by atoms with Crippen molar-refractivity contribution in [2.75, 3.05) is 0 Å². The molecule has 0 amide bonds. The van der Waals surface area contributed by atoms with Crippen molar-refractivity contribution < 1.29 is 0 Å². The number of rotatable bonds is 2. The number of hydrogen-bond acceptors (Lipinski definition) is 1. The molecule has 0 unspecified atom stereocenters. The molecule has 15 heavy (non-hydrogen) atoms. The number of aromatic nitrogens is 1. The van der Waals surface area contributed by atoms with Crippen LogP contribution >= 0.6 is 23.8 Å². The molecule has 0 aliphatic heterocycles. The minimum Gasteiger partial charge on any atom is -0.353 e. The van der Waals surface area contributed by atoms with Gasteiger partial charge in [0.1, 0.15) is 4.64 Å². The van der Waals surface area contributed by atoms with Gasteiger partial charge in [0.25, 0.3) is 0 Å². The Hall–Kier alpha value is -1.12. The minimum atomic E-state index is 0.761. The summed E-state index contributed by atoms with van der Waals surface area (Å²) in [6, 6.07) is 11.8. The van der Waals surface area contributed by atoms with Gasteiger partial charge in [0, 0.05) is 17.6 Å². The summed E-state index contributed by atoms with van der Waals surface area (Å²) >= 11 is 11.0. The highest BCUT2D eigenvalue weighted by atomic mass is 35.5. The van der Waals surface area contributed by atoms with Gasteiger partial charge >= 0.3 is 0 Å². The second-order valence-corrected chi connectivity index (χ2v) is 4.17. The molecule has 0 bridgehead atoms. The summed E-state index contributed by atoms with van der Waals surface area (Å²) in [4.78, 5) is 3.02. The molecule has 76 valence electrons. The first kappa shape index (κ1) is 10.4. The Kier molecular flexibility index (Phi) is 3.19. The zero-order valence-corrected chi connectivity index (χ0v) is 9.61. The zero-order valence-electron chi connectivity index (χ0n) is 8.03. The van der Waals surface area contributed by atoms with Crippen molar-refractivity contribution in [1.29, 1.82) is 0 Å². The maximum Gasteiger partial charge on any atom is 0.106 e. The van der Waals surface area contributed by atoms with E-state index in [-0.39, 0.29) is 0 Å². The first-order valence-corrected chi connectivity index (χ1v) is 5.45. The molecule has 1 aromatic heterocycles. The predicted molar refractivity (Wildman–Crippen MR) is 65.9 cm³/mol. The van der Waals surface area contributed by atoms with Gasteiger partial charge in [-0.2, -0.15) is 0 Å². The molecule has 0 radical (unpaired) electrons. The molecule has 0 fully saturated rings. The molecule has 0 saturated heterocycles. The Morgan fingerprint density at radius 3 is 2.53 bits per heavy atom. The van der Waals surface area contributed by atoms with Gasteiger partial charge in [0.2, 0.25) is 0 Å². The maximum absolute atomic E-state index is 5.82. The van der Waals surface area contributed by atoms with Crippen molar-refractivity contribution in [1.82, 2.24) is 4.98 Å². The molecule has 0 spiro atoms. The first-order chi connectivity index (χ1) is 7.25. The highest BCUT2D eigenvalue weighted by Crippen LogP contribution is 2.13. The Balaban J connectivity index is 2.26. The molecule has 2 rings (SSSR count). The summed E-state index contributed by atoms with van der Waals surface area (Å²) in [5.41, 5.74) is 2.35. The summed E-state index contributed by atoms with van der Waals surface area (Å²) in [6.45, 7) is 0. The van der Waals surface area contributed by atoms with E-state index in [2.05, 4.69) is 4.98 Å². The van der Waals surface area contributed by atoms with E-state index in [1.807, 2.05) is 42.6 Å². The SMILES string of the molecule is S=c1[nH]cccc1Cc1ccc(Cl)cc1. The van der Waals surface area contributed by atoms with Crippen LogP contribution in [-0.2, 0) is 6.42 Å². The monoisotopic (exact) mass is 235 g/mol. The van der Waals surface area contributed by atoms with Crippen molar-refractivity contribution in [2.45, 2.75) is 6.42 Å². The van der Waals surface area contributed by atoms with Crippen LogP contribution in [0, 0.1) is 4.64 Å². The Morgan fingerprint density at radius 2 is 1.87 bits per heavy atom. The molecule has 0 aliphatic rings. The van der Waals surface area contributed by atoms with Crippen LogP contribution in [0.25, 0.3) is 0 Å². The molecule has 1 aromatic carbocycles. The van der Waals surface area contributed by atoms with Crippen molar-refractivity contribution in [3.63, 3.8) is 0 Å². The van der Waals surface area contributed by atoms with Crippen molar-refractivity contribution in [2.24, 2.45) is 0 Å².